The summed E-state index contributed by atoms with van der Waals surface area (Å²) >= 11 is 0. The topological polar surface area (TPSA) is 28.1 Å². The maximum Gasteiger partial charge on any atom is 0.119 e. The average molecular weight is 323 g/mol. The monoisotopic (exact) mass is 323 g/mol. The van der Waals surface area contributed by atoms with Gasteiger partial charge in [0.2, 0.25) is 0 Å². The number of hydrazone groups is 1. The molecule has 4 heteroatoms. The molecule has 1 aliphatic rings. The van der Waals surface area contributed by atoms with Gasteiger partial charge in [-0.15, -0.1) is 0 Å². The van der Waals surface area contributed by atoms with Gasteiger partial charge in [-0.25, -0.2) is 0 Å². The molecular weight excluding hydrogens is 298 g/mol. The second-order valence-electron chi connectivity index (χ2n) is 6.24. The Hall–Kier alpha value is -2.33. The van der Waals surface area contributed by atoms with E-state index in [9.17, 15) is 0 Å². The molecule has 0 N–H and O–H groups in total. The normalized spacial score (nSPS) is 15.8. The third-order valence-electron chi connectivity index (χ3n) is 4.34. The highest BCUT2D eigenvalue weighted by molar-refractivity contribution is 5.79. The van der Waals surface area contributed by atoms with Gasteiger partial charge in [0.05, 0.1) is 13.3 Å². The number of rotatable bonds is 5. The van der Waals surface area contributed by atoms with E-state index in [0.29, 0.717) is 0 Å². The van der Waals surface area contributed by atoms with Crippen molar-refractivity contribution < 1.29 is 4.74 Å². The SMILES string of the molecule is COc1cccc(/C=N/N2CCN(Cc3ccc(C)cc3)CC2)c1. The Morgan fingerprint density at radius 1 is 1.04 bits per heavy atom. The Morgan fingerprint density at radius 2 is 1.79 bits per heavy atom. The number of hydrogen-bond donors (Lipinski definition) is 0. The summed E-state index contributed by atoms with van der Waals surface area (Å²) < 4.78 is 5.24. The summed E-state index contributed by atoms with van der Waals surface area (Å²) in [5.41, 5.74) is 3.76. The molecule has 1 fully saturated rings. The molecule has 1 saturated heterocycles. The molecule has 0 spiro atoms. The minimum Gasteiger partial charge on any atom is -0.497 e. The van der Waals surface area contributed by atoms with Gasteiger partial charge < -0.3 is 4.74 Å². The van der Waals surface area contributed by atoms with Crippen LogP contribution in [0, 0.1) is 6.92 Å². The van der Waals surface area contributed by atoms with E-state index in [1.165, 1.54) is 11.1 Å². The van der Waals surface area contributed by atoms with Crippen LogP contribution in [0.25, 0.3) is 0 Å². The zero-order valence-corrected chi connectivity index (χ0v) is 14.5. The summed E-state index contributed by atoms with van der Waals surface area (Å²) in [7, 11) is 1.68. The van der Waals surface area contributed by atoms with E-state index < -0.39 is 0 Å². The van der Waals surface area contributed by atoms with Crippen LogP contribution in [0.1, 0.15) is 16.7 Å². The Kier molecular flexibility index (Phi) is 5.49. The van der Waals surface area contributed by atoms with E-state index in [-0.39, 0.29) is 0 Å². The largest absolute Gasteiger partial charge is 0.497 e. The Bertz CT molecular complexity index is 674. The minimum atomic E-state index is 0.863. The highest BCUT2D eigenvalue weighted by Crippen LogP contribution is 2.12. The van der Waals surface area contributed by atoms with Crippen molar-refractivity contribution in [2.45, 2.75) is 13.5 Å². The quantitative estimate of drug-likeness (QED) is 0.791. The molecule has 2 aromatic carbocycles. The lowest BCUT2D eigenvalue weighted by molar-refractivity contribution is 0.131. The van der Waals surface area contributed by atoms with Crippen molar-refractivity contribution >= 4 is 6.21 Å². The molecule has 1 heterocycles. The van der Waals surface area contributed by atoms with E-state index in [0.717, 1.165) is 44.0 Å². The second kappa shape index (κ2) is 7.97. The van der Waals surface area contributed by atoms with Gasteiger partial charge in [0.1, 0.15) is 5.75 Å². The van der Waals surface area contributed by atoms with Crippen LogP contribution in [0.4, 0.5) is 0 Å². The van der Waals surface area contributed by atoms with Gasteiger partial charge in [-0.05, 0) is 30.2 Å². The highest BCUT2D eigenvalue weighted by atomic mass is 16.5. The van der Waals surface area contributed by atoms with Gasteiger partial charge in [0.15, 0.2) is 0 Å². The van der Waals surface area contributed by atoms with Crippen LogP contribution in [0.3, 0.4) is 0 Å². The van der Waals surface area contributed by atoms with E-state index >= 15 is 0 Å². The smallest absolute Gasteiger partial charge is 0.119 e. The maximum atomic E-state index is 5.24. The first kappa shape index (κ1) is 16.5. The first-order valence-corrected chi connectivity index (χ1v) is 8.44. The molecule has 0 aromatic heterocycles. The minimum absolute atomic E-state index is 0.863. The first-order valence-electron chi connectivity index (χ1n) is 8.44. The third-order valence-corrected chi connectivity index (χ3v) is 4.34. The lowest BCUT2D eigenvalue weighted by Gasteiger charge is -2.33. The van der Waals surface area contributed by atoms with Crippen LogP contribution in [-0.4, -0.2) is 49.4 Å². The van der Waals surface area contributed by atoms with Crippen molar-refractivity contribution in [2.24, 2.45) is 5.10 Å². The van der Waals surface area contributed by atoms with Crippen LogP contribution in [-0.2, 0) is 6.54 Å². The highest BCUT2D eigenvalue weighted by Gasteiger charge is 2.15. The number of benzene rings is 2. The molecule has 3 rings (SSSR count). The first-order chi connectivity index (χ1) is 11.7. The van der Waals surface area contributed by atoms with Crippen molar-refractivity contribution in [1.29, 1.82) is 0 Å². The second-order valence-corrected chi connectivity index (χ2v) is 6.24. The van der Waals surface area contributed by atoms with Crippen molar-refractivity contribution in [2.75, 3.05) is 33.3 Å². The summed E-state index contributed by atoms with van der Waals surface area (Å²) in [5, 5.41) is 6.75. The molecule has 2 aromatic rings. The molecule has 0 saturated carbocycles. The van der Waals surface area contributed by atoms with Gasteiger partial charge >= 0.3 is 0 Å². The number of aryl methyl sites for hydroxylation is 1. The van der Waals surface area contributed by atoms with Gasteiger partial charge in [0, 0.05) is 32.7 Å². The van der Waals surface area contributed by atoms with Crippen molar-refractivity contribution in [3.8, 4) is 5.75 Å². The van der Waals surface area contributed by atoms with Crippen LogP contribution in [0.2, 0.25) is 0 Å². The van der Waals surface area contributed by atoms with Crippen LogP contribution < -0.4 is 4.74 Å². The zero-order chi connectivity index (χ0) is 16.8. The Labute approximate surface area is 144 Å². The molecule has 0 radical (unpaired) electrons. The fraction of sp³-hybridized carbons (Fsp3) is 0.350. The number of methoxy groups -OCH3 is 1. The molecule has 4 nitrogen and oxygen atoms in total. The number of ether oxygens (including phenoxy) is 1. The number of hydrogen-bond acceptors (Lipinski definition) is 4. The summed E-state index contributed by atoms with van der Waals surface area (Å²) in [6.07, 6.45) is 1.91. The van der Waals surface area contributed by atoms with Gasteiger partial charge in [-0.2, -0.15) is 5.10 Å². The van der Waals surface area contributed by atoms with Crippen molar-refractivity contribution in [3.63, 3.8) is 0 Å². The Balaban J connectivity index is 1.49. The fourth-order valence-electron chi connectivity index (χ4n) is 2.83. The lowest BCUT2D eigenvalue weighted by atomic mass is 10.1. The van der Waals surface area contributed by atoms with Crippen molar-refractivity contribution in [1.82, 2.24) is 9.91 Å². The number of nitrogens with zero attached hydrogens (tertiary/aromatic N) is 3. The predicted octanol–water partition coefficient (Wildman–Crippen LogP) is 3.16. The van der Waals surface area contributed by atoms with E-state index in [2.05, 4.69) is 46.2 Å². The fourth-order valence-corrected chi connectivity index (χ4v) is 2.83. The molecule has 126 valence electrons. The van der Waals surface area contributed by atoms with Gasteiger partial charge in [-0.3, -0.25) is 9.91 Å². The zero-order valence-electron chi connectivity index (χ0n) is 14.5. The summed E-state index contributed by atoms with van der Waals surface area (Å²) in [6, 6.07) is 16.8. The molecule has 0 aliphatic carbocycles. The van der Waals surface area contributed by atoms with Crippen LogP contribution in [0.15, 0.2) is 53.6 Å². The predicted molar refractivity (Wildman–Crippen MR) is 98.6 cm³/mol. The molecule has 24 heavy (non-hydrogen) atoms. The Morgan fingerprint density at radius 3 is 2.50 bits per heavy atom. The van der Waals surface area contributed by atoms with Crippen LogP contribution >= 0.6 is 0 Å². The summed E-state index contributed by atoms with van der Waals surface area (Å²) in [6.45, 7) is 7.17. The maximum absolute atomic E-state index is 5.24. The summed E-state index contributed by atoms with van der Waals surface area (Å²) in [4.78, 5) is 2.49. The molecule has 0 unspecified atom stereocenters. The van der Waals surface area contributed by atoms with E-state index in [1.54, 1.807) is 7.11 Å². The van der Waals surface area contributed by atoms with Gasteiger partial charge in [-0.1, -0.05) is 42.0 Å². The van der Waals surface area contributed by atoms with Gasteiger partial charge in [0.25, 0.3) is 0 Å². The molecule has 0 amide bonds. The third kappa shape index (κ3) is 4.59. The molecule has 1 aliphatic heterocycles. The number of piperazine rings is 1. The summed E-state index contributed by atoms with van der Waals surface area (Å²) in [5.74, 6) is 0.863. The molecular formula is C20H25N3O. The van der Waals surface area contributed by atoms with E-state index in [1.807, 2.05) is 30.5 Å². The standard InChI is InChI=1S/C20H25N3O/c1-17-6-8-18(9-7-17)16-22-10-12-23(13-11-22)21-15-19-4-3-5-20(14-19)24-2/h3-9,14-15H,10-13,16H2,1-2H3/b21-15+. The van der Waals surface area contributed by atoms with Crippen molar-refractivity contribution in [3.05, 3.63) is 65.2 Å². The lowest BCUT2D eigenvalue weighted by Crippen LogP contribution is -2.43. The average Bonchev–Trinajstić information content (AvgIpc) is 2.63. The molecule has 0 atom stereocenters. The van der Waals surface area contributed by atoms with E-state index in [4.69, 9.17) is 4.74 Å². The van der Waals surface area contributed by atoms with Crippen LogP contribution in [0.5, 0.6) is 5.75 Å². The molecule has 0 bridgehead atoms.